The van der Waals surface area contributed by atoms with Gasteiger partial charge < -0.3 is 15.2 Å². The minimum Gasteiger partial charge on any atom is -0.349 e. The van der Waals surface area contributed by atoms with Crippen LogP contribution in [0.5, 0.6) is 0 Å². The van der Waals surface area contributed by atoms with E-state index in [-0.39, 0.29) is 22.7 Å². The first-order valence-corrected chi connectivity index (χ1v) is 8.07. The maximum atomic E-state index is 12.4. The molecule has 0 atom stereocenters. The number of aromatic amines is 1. The molecule has 1 aromatic heterocycles. The van der Waals surface area contributed by atoms with Gasteiger partial charge in [0.15, 0.2) is 0 Å². The van der Waals surface area contributed by atoms with Crippen molar-refractivity contribution in [3.8, 4) is 0 Å². The van der Waals surface area contributed by atoms with Gasteiger partial charge in [0.25, 0.3) is 11.5 Å². The molecule has 22 heavy (non-hydrogen) atoms. The topological polar surface area (TPSA) is 78.1 Å². The van der Waals surface area contributed by atoms with Gasteiger partial charge in [0.2, 0.25) is 0 Å². The lowest BCUT2D eigenvalue weighted by Crippen LogP contribution is -2.51. The summed E-state index contributed by atoms with van der Waals surface area (Å²) in [5.41, 5.74) is 0.0266. The summed E-state index contributed by atoms with van der Waals surface area (Å²) < 4.78 is 0. The van der Waals surface area contributed by atoms with E-state index in [1.54, 1.807) is 0 Å². The summed E-state index contributed by atoms with van der Waals surface area (Å²) in [7, 11) is 4.13. The third-order valence-electron chi connectivity index (χ3n) is 5.02. The minimum atomic E-state index is -0.249. The van der Waals surface area contributed by atoms with Gasteiger partial charge in [0, 0.05) is 24.1 Å². The zero-order chi connectivity index (χ0) is 15.7. The van der Waals surface area contributed by atoms with E-state index >= 15 is 0 Å². The molecule has 0 aromatic carbocycles. The number of likely N-dealkylation sites (N-methyl/N-ethyl adjacent to an activating group) is 1. The Morgan fingerprint density at radius 1 is 1.41 bits per heavy atom. The van der Waals surface area contributed by atoms with Crippen molar-refractivity contribution in [2.75, 3.05) is 20.6 Å². The van der Waals surface area contributed by atoms with Crippen LogP contribution in [-0.4, -0.2) is 47.0 Å². The summed E-state index contributed by atoms with van der Waals surface area (Å²) in [6.45, 7) is 0.603. The van der Waals surface area contributed by atoms with E-state index in [1.807, 2.05) is 0 Å². The largest absolute Gasteiger partial charge is 0.349 e. The third kappa shape index (κ3) is 3.06. The first-order chi connectivity index (χ1) is 10.5. The molecule has 1 heterocycles. The van der Waals surface area contributed by atoms with Crippen LogP contribution in [0.15, 0.2) is 10.9 Å². The zero-order valence-electron chi connectivity index (χ0n) is 13.3. The van der Waals surface area contributed by atoms with Crippen LogP contribution >= 0.6 is 0 Å². The van der Waals surface area contributed by atoms with Crippen LogP contribution in [-0.2, 0) is 0 Å². The highest BCUT2D eigenvalue weighted by Gasteiger charge is 2.36. The molecule has 0 bridgehead atoms. The maximum absolute atomic E-state index is 12.4. The van der Waals surface area contributed by atoms with E-state index < -0.39 is 0 Å². The Hall–Kier alpha value is -1.69. The first kappa shape index (κ1) is 15.2. The molecule has 0 aliphatic heterocycles. The SMILES string of the molecule is CN(C)C1(CNC(=O)c2cc(=O)[nH]c(C3CC3)n2)CCCC1. The van der Waals surface area contributed by atoms with E-state index in [0.29, 0.717) is 18.3 Å². The summed E-state index contributed by atoms with van der Waals surface area (Å²) in [4.78, 5) is 33.3. The zero-order valence-corrected chi connectivity index (χ0v) is 13.3. The molecule has 2 fully saturated rings. The Kier molecular flexibility index (Phi) is 4.04. The third-order valence-corrected chi connectivity index (χ3v) is 5.02. The van der Waals surface area contributed by atoms with E-state index in [0.717, 1.165) is 25.7 Å². The maximum Gasteiger partial charge on any atom is 0.270 e. The molecule has 1 aromatic rings. The lowest BCUT2D eigenvalue weighted by Gasteiger charge is -2.36. The van der Waals surface area contributed by atoms with Crippen molar-refractivity contribution in [3.63, 3.8) is 0 Å². The van der Waals surface area contributed by atoms with Crippen LogP contribution in [0, 0.1) is 0 Å². The first-order valence-electron chi connectivity index (χ1n) is 8.07. The van der Waals surface area contributed by atoms with Crippen molar-refractivity contribution in [1.29, 1.82) is 0 Å². The molecular weight excluding hydrogens is 280 g/mol. The van der Waals surface area contributed by atoms with Crippen molar-refractivity contribution < 1.29 is 4.79 Å². The highest BCUT2D eigenvalue weighted by Crippen LogP contribution is 2.37. The second-order valence-corrected chi connectivity index (χ2v) is 6.80. The van der Waals surface area contributed by atoms with Crippen molar-refractivity contribution in [3.05, 3.63) is 27.9 Å². The van der Waals surface area contributed by atoms with E-state index in [9.17, 15) is 9.59 Å². The van der Waals surface area contributed by atoms with E-state index in [4.69, 9.17) is 0 Å². The van der Waals surface area contributed by atoms with E-state index in [1.165, 1.54) is 18.9 Å². The van der Waals surface area contributed by atoms with Gasteiger partial charge in [-0.1, -0.05) is 12.8 Å². The molecule has 0 radical (unpaired) electrons. The van der Waals surface area contributed by atoms with Crippen LogP contribution in [0.1, 0.15) is 60.8 Å². The number of amides is 1. The molecule has 2 N–H and O–H groups in total. The number of carbonyl (C=O) groups excluding carboxylic acids is 1. The van der Waals surface area contributed by atoms with Crippen molar-refractivity contribution >= 4 is 5.91 Å². The monoisotopic (exact) mass is 304 g/mol. The second kappa shape index (κ2) is 5.83. The minimum absolute atomic E-state index is 0.0379. The van der Waals surface area contributed by atoms with Gasteiger partial charge in [0.05, 0.1) is 0 Å². The molecule has 2 aliphatic carbocycles. The fourth-order valence-electron chi connectivity index (χ4n) is 3.29. The van der Waals surface area contributed by atoms with Gasteiger partial charge in [-0.25, -0.2) is 4.98 Å². The summed E-state index contributed by atoms with van der Waals surface area (Å²) >= 11 is 0. The number of carbonyl (C=O) groups is 1. The number of rotatable bonds is 5. The lowest BCUT2D eigenvalue weighted by atomic mass is 9.96. The van der Waals surface area contributed by atoms with Gasteiger partial charge in [-0.05, 0) is 39.8 Å². The molecule has 1 amide bonds. The molecule has 2 aliphatic rings. The molecule has 120 valence electrons. The van der Waals surface area contributed by atoms with Gasteiger partial charge in [-0.3, -0.25) is 9.59 Å². The van der Waals surface area contributed by atoms with Gasteiger partial charge >= 0.3 is 0 Å². The Bertz CT molecular complexity index is 613. The molecule has 0 spiro atoms. The summed E-state index contributed by atoms with van der Waals surface area (Å²) in [6.07, 6.45) is 6.66. The molecule has 0 unspecified atom stereocenters. The van der Waals surface area contributed by atoms with Crippen LogP contribution in [0.3, 0.4) is 0 Å². The highest BCUT2D eigenvalue weighted by atomic mass is 16.2. The quantitative estimate of drug-likeness (QED) is 0.858. The Labute approximate surface area is 130 Å². The number of nitrogens with one attached hydrogen (secondary N) is 2. The molecule has 6 nitrogen and oxygen atoms in total. The van der Waals surface area contributed by atoms with Crippen molar-refractivity contribution in [2.45, 2.75) is 50.0 Å². The summed E-state index contributed by atoms with van der Waals surface area (Å²) in [6, 6.07) is 1.29. The predicted octanol–water partition coefficient (Wildman–Crippen LogP) is 1.25. The number of hydrogen-bond acceptors (Lipinski definition) is 4. The fraction of sp³-hybridized carbons (Fsp3) is 0.688. The fourth-order valence-corrected chi connectivity index (χ4v) is 3.29. The number of aromatic nitrogens is 2. The van der Waals surface area contributed by atoms with E-state index in [2.05, 4.69) is 34.3 Å². The van der Waals surface area contributed by atoms with Gasteiger partial charge in [-0.15, -0.1) is 0 Å². The molecular formula is C16H24N4O2. The summed E-state index contributed by atoms with van der Waals surface area (Å²) in [5, 5.41) is 2.98. The average Bonchev–Trinajstić information content (AvgIpc) is 3.22. The summed E-state index contributed by atoms with van der Waals surface area (Å²) in [5.74, 6) is 0.727. The number of hydrogen-bond donors (Lipinski definition) is 2. The molecule has 0 saturated heterocycles. The van der Waals surface area contributed by atoms with Crippen LogP contribution in [0.2, 0.25) is 0 Å². The van der Waals surface area contributed by atoms with Crippen LogP contribution in [0.4, 0.5) is 0 Å². The highest BCUT2D eigenvalue weighted by molar-refractivity contribution is 5.92. The second-order valence-electron chi connectivity index (χ2n) is 6.80. The van der Waals surface area contributed by atoms with Crippen LogP contribution < -0.4 is 10.9 Å². The lowest BCUT2D eigenvalue weighted by molar-refractivity contribution is 0.0894. The predicted molar refractivity (Wildman–Crippen MR) is 84.1 cm³/mol. The molecule has 3 rings (SSSR count). The number of nitrogens with zero attached hydrogens (tertiary/aromatic N) is 2. The Balaban J connectivity index is 1.70. The Morgan fingerprint density at radius 3 is 2.68 bits per heavy atom. The number of H-pyrrole nitrogens is 1. The standard InChI is InChI=1S/C16H24N4O2/c1-20(2)16(7-3-4-8-16)10-17-15(22)12-9-13(21)19-14(18-12)11-5-6-11/h9,11H,3-8,10H2,1-2H3,(H,17,22)(H,18,19,21). The van der Waals surface area contributed by atoms with Crippen molar-refractivity contribution in [2.24, 2.45) is 0 Å². The Morgan fingerprint density at radius 2 is 2.09 bits per heavy atom. The normalized spacial score (nSPS) is 20.3. The van der Waals surface area contributed by atoms with Gasteiger partial charge in [-0.2, -0.15) is 0 Å². The van der Waals surface area contributed by atoms with Crippen molar-refractivity contribution in [1.82, 2.24) is 20.2 Å². The molecule has 2 saturated carbocycles. The molecule has 6 heteroatoms. The average molecular weight is 304 g/mol. The van der Waals surface area contributed by atoms with Gasteiger partial charge in [0.1, 0.15) is 11.5 Å². The van der Waals surface area contributed by atoms with Crippen LogP contribution in [0.25, 0.3) is 0 Å². The smallest absolute Gasteiger partial charge is 0.270 e.